The van der Waals surface area contributed by atoms with Crippen molar-refractivity contribution in [1.29, 1.82) is 5.26 Å². The van der Waals surface area contributed by atoms with Crippen molar-refractivity contribution in [3.05, 3.63) is 71.3 Å². The monoisotopic (exact) mass is 235 g/mol. The molecule has 0 aromatic heterocycles. The lowest BCUT2D eigenvalue weighted by molar-refractivity contribution is 1.41. The largest absolute Gasteiger partial charge is 0.397 e. The van der Waals surface area contributed by atoms with Crippen molar-refractivity contribution in [2.24, 2.45) is 11.5 Å². The van der Waals surface area contributed by atoms with Crippen LogP contribution in [0.3, 0.4) is 0 Å². The molecule has 4 N–H and O–H groups in total. The molecule has 0 saturated heterocycles. The third kappa shape index (κ3) is 2.18. The summed E-state index contributed by atoms with van der Waals surface area (Å²) in [7, 11) is 0. The minimum Gasteiger partial charge on any atom is -0.397 e. The Bertz CT molecular complexity index is 622. The van der Waals surface area contributed by atoms with E-state index in [1.165, 1.54) is 0 Å². The summed E-state index contributed by atoms with van der Waals surface area (Å²) < 4.78 is 0. The van der Waals surface area contributed by atoms with Crippen LogP contribution in [0.15, 0.2) is 54.6 Å². The zero-order valence-corrected chi connectivity index (χ0v) is 9.80. The van der Waals surface area contributed by atoms with Crippen LogP contribution in [0.25, 0.3) is 11.4 Å². The Hall–Kier alpha value is -2.73. The number of nitriles is 1. The summed E-state index contributed by atoms with van der Waals surface area (Å²) >= 11 is 0. The van der Waals surface area contributed by atoms with E-state index in [1.54, 1.807) is 18.2 Å². The Balaban J connectivity index is 2.54. The van der Waals surface area contributed by atoms with E-state index < -0.39 is 0 Å². The maximum Gasteiger partial charge on any atom is 0.0998 e. The first kappa shape index (κ1) is 11.7. The van der Waals surface area contributed by atoms with Crippen molar-refractivity contribution in [3.63, 3.8) is 0 Å². The Labute approximate surface area is 106 Å². The molecule has 88 valence electrons. The Morgan fingerprint density at radius 2 is 1.44 bits per heavy atom. The van der Waals surface area contributed by atoms with Gasteiger partial charge in [0.05, 0.1) is 23.0 Å². The minimum atomic E-state index is 0.429. The fraction of sp³-hybridized carbons (Fsp3) is 0. The van der Waals surface area contributed by atoms with Crippen molar-refractivity contribution >= 4 is 11.4 Å². The van der Waals surface area contributed by atoms with Gasteiger partial charge in [-0.15, -0.1) is 0 Å². The lowest BCUT2D eigenvalue weighted by atomic mass is 10.0. The van der Waals surface area contributed by atoms with E-state index in [2.05, 4.69) is 6.07 Å². The van der Waals surface area contributed by atoms with E-state index in [0.29, 0.717) is 22.5 Å². The zero-order valence-electron chi connectivity index (χ0n) is 9.80. The normalized spacial score (nSPS) is 11.5. The Morgan fingerprint density at radius 3 is 2.11 bits per heavy atom. The highest BCUT2D eigenvalue weighted by molar-refractivity contribution is 5.89. The summed E-state index contributed by atoms with van der Waals surface area (Å²) in [6, 6.07) is 18.7. The Morgan fingerprint density at radius 1 is 0.833 bits per heavy atom. The average Bonchev–Trinajstić information content (AvgIpc) is 2.46. The van der Waals surface area contributed by atoms with Gasteiger partial charge in [0.25, 0.3) is 0 Å². The zero-order chi connectivity index (χ0) is 13.0. The predicted octanol–water partition coefficient (Wildman–Crippen LogP) is 2.30. The highest BCUT2D eigenvalue weighted by atomic mass is 14.7. The molecule has 2 rings (SSSR count). The van der Waals surface area contributed by atoms with Crippen LogP contribution in [0.4, 0.5) is 0 Å². The van der Waals surface area contributed by atoms with Gasteiger partial charge in [0, 0.05) is 5.56 Å². The predicted molar refractivity (Wildman–Crippen MR) is 72.8 cm³/mol. The summed E-state index contributed by atoms with van der Waals surface area (Å²) in [5.74, 6) is 0. The van der Waals surface area contributed by atoms with Crippen molar-refractivity contribution in [2.75, 3.05) is 0 Å². The number of hydrogen-bond donors (Lipinski definition) is 2. The fourth-order valence-electron chi connectivity index (χ4n) is 1.73. The molecule has 0 aliphatic carbocycles. The van der Waals surface area contributed by atoms with Gasteiger partial charge in [-0.05, 0) is 11.6 Å². The van der Waals surface area contributed by atoms with Gasteiger partial charge in [-0.3, -0.25) is 0 Å². The molecule has 0 amide bonds. The summed E-state index contributed by atoms with van der Waals surface area (Å²) in [6.45, 7) is 0. The van der Waals surface area contributed by atoms with Crippen LogP contribution in [0.5, 0.6) is 0 Å². The minimum absolute atomic E-state index is 0.429. The van der Waals surface area contributed by atoms with Gasteiger partial charge < -0.3 is 11.5 Å². The van der Waals surface area contributed by atoms with Crippen LogP contribution in [-0.4, -0.2) is 0 Å². The average molecular weight is 235 g/mol. The molecule has 0 saturated carbocycles. The van der Waals surface area contributed by atoms with Gasteiger partial charge in [-0.1, -0.05) is 48.5 Å². The summed E-state index contributed by atoms with van der Waals surface area (Å²) in [5, 5.41) is 9.05. The molecule has 0 bridgehead atoms. The molecular formula is C15H13N3. The third-order valence-corrected chi connectivity index (χ3v) is 2.71. The molecule has 0 atom stereocenters. The van der Waals surface area contributed by atoms with E-state index in [-0.39, 0.29) is 0 Å². The van der Waals surface area contributed by atoms with E-state index in [4.69, 9.17) is 16.7 Å². The standard InChI is InChI=1S/C15H13N3/c16-10-12-8-4-5-9-13(12)15(18)14(17)11-6-2-1-3-7-11/h1-9H,17-18H2. The maximum atomic E-state index is 9.05. The second-order valence-electron chi connectivity index (χ2n) is 3.85. The van der Waals surface area contributed by atoms with E-state index in [1.807, 2.05) is 36.4 Å². The van der Waals surface area contributed by atoms with Crippen LogP contribution in [-0.2, 0) is 0 Å². The molecule has 0 aliphatic heterocycles. The molecule has 0 heterocycles. The highest BCUT2D eigenvalue weighted by Crippen LogP contribution is 2.20. The van der Waals surface area contributed by atoms with Crippen molar-refractivity contribution in [2.45, 2.75) is 0 Å². The first-order valence-corrected chi connectivity index (χ1v) is 5.54. The molecule has 3 nitrogen and oxygen atoms in total. The molecule has 0 fully saturated rings. The first-order valence-electron chi connectivity index (χ1n) is 5.54. The van der Waals surface area contributed by atoms with Crippen LogP contribution in [0.1, 0.15) is 16.7 Å². The summed E-state index contributed by atoms with van der Waals surface area (Å²) in [6.07, 6.45) is 0. The maximum absolute atomic E-state index is 9.05. The smallest absolute Gasteiger partial charge is 0.0998 e. The quantitative estimate of drug-likeness (QED) is 0.784. The number of nitrogens with two attached hydrogens (primary N) is 2. The number of rotatable bonds is 2. The van der Waals surface area contributed by atoms with Gasteiger partial charge in [0.2, 0.25) is 0 Å². The Kier molecular flexibility index (Phi) is 3.31. The summed E-state index contributed by atoms with van der Waals surface area (Å²) in [5.41, 5.74) is 15.0. The molecule has 0 aliphatic rings. The lowest BCUT2D eigenvalue weighted by Crippen LogP contribution is -2.08. The van der Waals surface area contributed by atoms with Gasteiger partial charge in [-0.25, -0.2) is 0 Å². The lowest BCUT2D eigenvalue weighted by Gasteiger charge is -2.09. The molecule has 0 unspecified atom stereocenters. The van der Waals surface area contributed by atoms with E-state index >= 15 is 0 Å². The van der Waals surface area contributed by atoms with Crippen LogP contribution in [0.2, 0.25) is 0 Å². The van der Waals surface area contributed by atoms with E-state index in [0.717, 1.165) is 5.56 Å². The third-order valence-electron chi connectivity index (χ3n) is 2.71. The molecule has 2 aromatic carbocycles. The molecule has 2 aromatic rings. The van der Waals surface area contributed by atoms with Gasteiger partial charge in [-0.2, -0.15) is 5.26 Å². The van der Waals surface area contributed by atoms with Crippen molar-refractivity contribution in [3.8, 4) is 6.07 Å². The van der Waals surface area contributed by atoms with Crippen molar-refractivity contribution < 1.29 is 0 Å². The van der Waals surface area contributed by atoms with E-state index in [9.17, 15) is 0 Å². The molecule has 0 spiro atoms. The van der Waals surface area contributed by atoms with Crippen molar-refractivity contribution in [1.82, 2.24) is 0 Å². The van der Waals surface area contributed by atoms with Gasteiger partial charge in [0.15, 0.2) is 0 Å². The van der Waals surface area contributed by atoms with Crippen LogP contribution < -0.4 is 11.5 Å². The number of benzene rings is 2. The van der Waals surface area contributed by atoms with Crippen LogP contribution in [0, 0.1) is 11.3 Å². The van der Waals surface area contributed by atoms with Gasteiger partial charge in [0.1, 0.15) is 0 Å². The fourth-order valence-corrected chi connectivity index (χ4v) is 1.73. The topological polar surface area (TPSA) is 75.8 Å². The molecule has 0 radical (unpaired) electrons. The highest BCUT2D eigenvalue weighted by Gasteiger charge is 2.08. The molecule has 3 heteroatoms. The molecular weight excluding hydrogens is 222 g/mol. The second kappa shape index (κ2) is 5.07. The first-order chi connectivity index (χ1) is 8.74. The molecule has 18 heavy (non-hydrogen) atoms. The van der Waals surface area contributed by atoms with Crippen LogP contribution >= 0.6 is 0 Å². The second-order valence-corrected chi connectivity index (χ2v) is 3.85. The van der Waals surface area contributed by atoms with Gasteiger partial charge >= 0.3 is 0 Å². The SMILES string of the molecule is N#Cc1ccccc1C(N)=C(N)c1ccccc1. The number of hydrogen-bond acceptors (Lipinski definition) is 3. The summed E-state index contributed by atoms with van der Waals surface area (Å²) in [4.78, 5) is 0. The number of nitrogens with zero attached hydrogens (tertiary/aromatic N) is 1.